The quantitative estimate of drug-likeness (QED) is 0.340. The van der Waals surface area contributed by atoms with Crippen molar-refractivity contribution in [3.05, 3.63) is 0 Å². The van der Waals surface area contributed by atoms with Crippen LogP contribution in [-0.2, 0) is 0 Å². The third kappa shape index (κ3) is 19.1. The van der Waals surface area contributed by atoms with Gasteiger partial charge in [0, 0.05) is 13.3 Å². The molecular formula is C6H15N3. The Kier molecular flexibility index (Phi) is 19.2. The van der Waals surface area contributed by atoms with E-state index in [0.29, 0.717) is 0 Å². The molecule has 0 fully saturated rings. The second-order valence-corrected chi connectivity index (χ2v) is 0.904. The molecule has 3 nitrogen and oxygen atoms in total. The van der Waals surface area contributed by atoms with E-state index in [-0.39, 0.29) is 0 Å². The van der Waals surface area contributed by atoms with Gasteiger partial charge in [-0.15, -0.1) is 0 Å². The summed E-state index contributed by atoms with van der Waals surface area (Å²) in [6.07, 6.45) is 3.17. The maximum atomic E-state index is 3.64. The van der Waals surface area contributed by atoms with Crippen LogP contribution < -0.4 is 5.43 Å². The number of hydrazone groups is 1. The summed E-state index contributed by atoms with van der Waals surface area (Å²) in [5.74, 6) is 0. The molecule has 0 heterocycles. The first-order chi connectivity index (χ1) is 4.41. The molecule has 0 rings (SSSR count). The van der Waals surface area contributed by atoms with E-state index < -0.39 is 0 Å². The van der Waals surface area contributed by atoms with Gasteiger partial charge in [0.2, 0.25) is 0 Å². The standard InChI is InChI=1S/C4H9N3.C2H6/c1-3-6-7-4-5-2;1-2/h3-4H,1-2H3,(H,5,7);1-2H3/b6-3-;. The lowest BCUT2D eigenvalue weighted by atomic mass is 10.9. The Balaban J connectivity index is 0. The molecule has 0 amide bonds. The van der Waals surface area contributed by atoms with Crippen LogP contribution in [0, 0.1) is 0 Å². The van der Waals surface area contributed by atoms with Crippen molar-refractivity contribution in [2.45, 2.75) is 20.8 Å². The van der Waals surface area contributed by atoms with Gasteiger partial charge in [-0.3, -0.25) is 10.4 Å². The van der Waals surface area contributed by atoms with Crippen molar-refractivity contribution in [2.75, 3.05) is 7.05 Å². The van der Waals surface area contributed by atoms with E-state index in [1.165, 1.54) is 6.34 Å². The van der Waals surface area contributed by atoms with Crippen LogP contribution in [0.25, 0.3) is 0 Å². The normalized spacial score (nSPS) is 9.33. The predicted octanol–water partition coefficient (Wildman–Crippen LogP) is 1.27. The van der Waals surface area contributed by atoms with Crippen molar-refractivity contribution in [1.29, 1.82) is 0 Å². The van der Waals surface area contributed by atoms with Gasteiger partial charge in [-0.25, -0.2) is 0 Å². The first-order valence-corrected chi connectivity index (χ1v) is 3.05. The molecule has 0 atom stereocenters. The third-order valence-corrected chi connectivity index (χ3v) is 0.390. The van der Waals surface area contributed by atoms with Gasteiger partial charge in [-0.2, -0.15) is 5.10 Å². The molecule has 1 N–H and O–H groups in total. The molecule has 0 aliphatic rings. The third-order valence-electron chi connectivity index (χ3n) is 0.390. The van der Waals surface area contributed by atoms with E-state index in [1.807, 2.05) is 20.8 Å². The van der Waals surface area contributed by atoms with Crippen molar-refractivity contribution in [1.82, 2.24) is 5.43 Å². The fourth-order valence-corrected chi connectivity index (χ4v) is 0.166. The number of aliphatic imine (C=N–C) groups is 1. The van der Waals surface area contributed by atoms with E-state index in [0.717, 1.165) is 0 Å². The monoisotopic (exact) mass is 129 g/mol. The summed E-state index contributed by atoms with van der Waals surface area (Å²) < 4.78 is 0. The van der Waals surface area contributed by atoms with Gasteiger partial charge in [0.15, 0.2) is 0 Å². The van der Waals surface area contributed by atoms with Crippen LogP contribution in [0.4, 0.5) is 0 Å². The summed E-state index contributed by atoms with van der Waals surface area (Å²) in [4.78, 5) is 3.62. The average Bonchev–Trinajstić information content (AvgIpc) is 1.94. The minimum absolute atomic E-state index is 1.51. The van der Waals surface area contributed by atoms with Crippen molar-refractivity contribution in [2.24, 2.45) is 10.1 Å². The maximum Gasteiger partial charge on any atom is 0.103 e. The number of hydrogen-bond acceptors (Lipinski definition) is 2. The summed E-state index contributed by atoms with van der Waals surface area (Å²) in [6, 6.07) is 0. The molecule has 0 bridgehead atoms. The Bertz CT molecular complexity index is 66.4. The van der Waals surface area contributed by atoms with Gasteiger partial charge in [-0.1, -0.05) is 13.8 Å². The second-order valence-electron chi connectivity index (χ2n) is 0.904. The highest BCUT2D eigenvalue weighted by Gasteiger charge is 1.56. The zero-order valence-corrected chi connectivity index (χ0v) is 6.55. The molecule has 0 aliphatic heterocycles. The zero-order valence-electron chi connectivity index (χ0n) is 6.55. The largest absolute Gasteiger partial charge is 0.277 e. The lowest BCUT2D eigenvalue weighted by molar-refractivity contribution is 1.05. The van der Waals surface area contributed by atoms with Gasteiger partial charge < -0.3 is 0 Å². The lowest BCUT2D eigenvalue weighted by Crippen LogP contribution is -1.99. The molecule has 0 spiro atoms. The zero-order chi connectivity index (χ0) is 7.54. The lowest BCUT2D eigenvalue weighted by Gasteiger charge is -1.80. The van der Waals surface area contributed by atoms with Crippen LogP contribution >= 0.6 is 0 Å². The van der Waals surface area contributed by atoms with Crippen LogP contribution in [0.2, 0.25) is 0 Å². The predicted molar refractivity (Wildman–Crippen MR) is 43.1 cm³/mol. The summed E-state index contributed by atoms with van der Waals surface area (Å²) in [5.41, 5.74) is 2.56. The highest BCUT2D eigenvalue weighted by molar-refractivity contribution is 5.58. The van der Waals surface area contributed by atoms with E-state index in [9.17, 15) is 0 Å². The smallest absolute Gasteiger partial charge is 0.103 e. The Morgan fingerprint density at radius 1 is 1.33 bits per heavy atom. The molecule has 9 heavy (non-hydrogen) atoms. The fraction of sp³-hybridized carbons (Fsp3) is 0.667. The van der Waals surface area contributed by atoms with Crippen molar-refractivity contribution < 1.29 is 0 Å². The van der Waals surface area contributed by atoms with Crippen molar-refractivity contribution in [3.63, 3.8) is 0 Å². The summed E-state index contributed by atoms with van der Waals surface area (Å²) in [5, 5.41) is 3.64. The molecule has 0 unspecified atom stereocenters. The maximum absolute atomic E-state index is 3.64. The Labute approximate surface area is 56.9 Å². The van der Waals surface area contributed by atoms with Gasteiger partial charge >= 0.3 is 0 Å². The van der Waals surface area contributed by atoms with E-state index in [1.54, 1.807) is 13.3 Å². The number of hydrogen-bond donors (Lipinski definition) is 1. The average molecular weight is 129 g/mol. The van der Waals surface area contributed by atoms with Gasteiger partial charge in [0.05, 0.1) is 0 Å². The number of nitrogens with one attached hydrogen (secondary N) is 1. The minimum atomic E-state index is 1.51. The fourth-order valence-electron chi connectivity index (χ4n) is 0.166. The highest BCUT2D eigenvalue weighted by atomic mass is 15.3. The molecule has 0 aromatic rings. The van der Waals surface area contributed by atoms with Crippen LogP contribution in [0.15, 0.2) is 10.1 Å². The van der Waals surface area contributed by atoms with Crippen molar-refractivity contribution >= 4 is 12.6 Å². The Morgan fingerprint density at radius 2 is 1.89 bits per heavy atom. The van der Waals surface area contributed by atoms with Crippen LogP contribution in [0.3, 0.4) is 0 Å². The van der Waals surface area contributed by atoms with E-state index >= 15 is 0 Å². The second kappa shape index (κ2) is 15.7. The van der Waals surface area contributed by atoms with E-state index in [4.69, 9.17) is 0 Å². The van der Waals surface area contributed by atoms with Gasteiger partial charge in [0.25, 0.3) is 0 Å². The minimum Gasteiger partial charge on any atom is -0.277 e. The Morgan fingerprint density at radius 3 is 2.22 bits per heavy atom. The van der Waals surface area contributed by atoms with E-state index in [2.05, 4.69) is 15.5 Å². The molecular weight excluding hydrogens is 114 g/mol. The summed E-state index contributed by atoms with van der Waals surface area (Å²) >= 11 is 0. The number of nitrogens with zero attached hydrogens (tertiary/aromatic N) is 2. The van der Waals surface area contributed by atoms with Crippen molar-refractivity contribution in [3.8, 4) is 0 Å². The summed E-state index contributed by atoms with van der Waals surface area (Å²) in [7, 11) is 1.68. The molecule has 54 valence electrons. The first-order valence-electron chi connectivity index (χ1n) is 3.05. The Hall–Kier alpha value is -0.860. The number of rotatable bonds is 2. The van der Waals surface area contributed by atoms with Crippen LogP contribution in [-0.4, -0.2) is 19.6 Å². The topological polar surface area (TPSA) is 36.8 Å². The molecule has 0 radical (unpaired) electrons. The SMILES string of the molecule is C/C=N\NC=NC.CC. The molecule has 0 saturated carbocycles. The molecule has 3 heteroatoms. The summed E-state index contributed by atoms with van der Waals surface area (Å²) in [6.45, 7) is 5.83. The highest BCUT2D eigenvalue weighted by Crippen LogP contribution is 1.49. The van der Waals surface area contributed by atoms with Crippen LogP contribution in [0.1, 0.15) is 20.8 Å². The molecule has 0 aromatic heterocycles. The van der Waals surface area contributed by atoms with Crippen LogP contribution in [0.5, 0.6) is 0 Å². The molecule has 0 saturated heterocycles. The molecule has 0 aliphatic carbocycles. The first kappa shape index (κ1) is 11.0. The van der Waals surface area contributed by atoms with Gasteiger partial charge in [-0.05, 0) is 6.92 Å². The van der Waals surface area contributed by atoms with Gasteiger partial charge in [0.1, 0.15) is 6.34 Å². The molecule has 0 aromatic carbocycles.